The van der Waals surface area contributed by atoms with Gasteiger partial charge in [0, 0.05) is 30.9 Å². The first-order valence-electron chi connectivity index (χ1n) is 7.70. The summed E-state index contributed by atoms with van der Waals surface area (Å²) >= 11 is 0. The van der Waals surface area contributed by atoms with Gasteiger partial charge in [0.2, 0.25) is 0 Å². The number of alkyl halides is 3. The first-order chi connectivity index (χ1) is 12.2. The molecule has 0 saturated heterocycles. The topological polar surface area (TPSA) is 74.2 Å². The van der Waals surface area contributed by atoms with Gasteiger partial charge in [0.1, 0.15) is 5.75 Å². The lowest BCUT2D eigenvalue weighted by Crippen LogP contribution is -2.28. The fraction of sp³-hybridized carbons (Fsp3) is 0.222. The molecular formula is C18H18F3N3O2. The second-order valence-electron chi connectivity index (χ2n) is 5.51. The standard InChI is InChI=1S/C18H18F3N3O2/c1-11-3-8-16(22)15(9-23-2)14(11)10-24-17(25)12-4-6-13(7-5-12)26-18(19,20)21/h3-9,22-23H,10H2,1-2H3,(H,24,25)/b15-9-,22-16?. The predicted molar refractivity (Wildman–Crippen MR) is 92.2 cm³/mol. The van der Waals surface area contributed by atoms with Crippen molar-refractivity contribution < 1.29 is 22.7 Å². The third-order valence-electron chi connectivity index (χ3n) is 3.66. The van der Waals surface area contributed by atoms with E-state index >= 15 is 0 Å². The fourth-order valence-corrected chi connectivity index (χ4v) is 2.40. The smallest absolute Gasteiger partial charge is 0.406 e. The third kappa shape index (κ3) is 4.98. The first kappa shape index (κ1) is 19.3. The quantitative estimate of drug-likeness (QED) is 0.749. The van der Waals surface area contributed by atoms with E-state index in [0.29, 0.717) is 11.3 Å². The van der Waals surface area contributed by atoms with Crippen LogP contribution in [0.25, 0.3) is 0 Å². The van der Waals surface area contributed by atoms with Gasteiger partial charge in [-0.05, 0) is 48.4 Å². The lowest BCUT2D eigenvalue weighted by Gasteiger charge is -2.18. The molecule has 0 aromatic heterocycles. The molecule has 0 radical (unpaired) electrons. The van der Waals surface area contributed by atoms with Crippen LogP contribution in [0.15, 0.2) is 59.3 Å². The molecule has 3 N–H and O–H groups in total. The summed E-state index contributed by atoms with van der Waals surface area (Å²) in [5.74, 6) is -0.827. The second-order valence-corrected chi connectivity index (χ2v) is 5.51. The SMILES string of the molecule is CN/C=C1\C(=N)C=CC(C)=C1CNC(=O)c1ccc(OC(F)(F)F)cc1. The molecule has 0 fully saturated rings. The highest BCUT2D eigenvalue weighted by molar-refractivity contribution is 6.11. The van der Waals surface area contributed by atoms with Crippen molar-refractivity contribution in [1.82, 2.24) is 10.6 Å². The number of rotatable bonds is 5. The number of hydrogen-bond donors (Lipinski definition) is 3. The Morgan fingerprint density at radius 1 is 1.23 bits per heavy atom. The van der Waals surface area contributed by atoms with Gasteiger partial charge in [0.05, 0.1) is 5.71 Å². The second kappa shape index (κ2) is 7.90. The van der Waals surface area contributed by atoms with Crippen LogP contribution in [-0.4, -0.2) is 31.6 Å². The number of carbonyl (C=O) groups excluding carboxylic acids is 1. The van der Waals surface area contributed by atoms with E-state index in [-0.39, 0.29) is 12.1 Å². The fourth-order valence-electron chi connectivity index (χ4n) is 2.40. The van der Waals surface area contributed by atoms with Crippen LogP contribution in [0.4, 0.5) is 13.2 Å². The number of benzene rings is 1. The van der Waals surface area contributed by atoms with Crippen LogP contribution < -0.4 is 15.4 Å². The minimum atomic E-state index is -4.78. The average Bonchev–Trinajstić information content (AvgIpc) is 2.57. The van der Waals surface area contributed by atoms with E-state index in [1.54, 1.807) is 25.4 Å². The lowest BCUT2D eigenvalue weighted by molar-refractivity contribution is -0.274. The van der Waals surface area contributed by atoms with Crippen LogP contribution in [0.2, 0.25) is 0 Å². The van der Waals surface area contributed by atoms with Crippen molar-refractivity contribution >= 4 is 11.6 Å². The predicted octanol–water partition coefficient (Wildman–Crippen LogP) is 3.32. The van der Waals surface area contributed by atoms with Crippen LogP contribution in [0.1, 0.15) is 17.3 Å². The molecule has 0 unspecified atom stereocenters. The van der Waals surface area contributed by atoms with E-state index < -0.39 is 18.0 Å². The van der Waals surface area contributed by atoms with Gasteiger partial charge < -0.3 is 20.8 Å². The Labute approximate surface area is 148 Å². The maximum Gasteiger partial charge on any atom is 0.573 e. The van der Waals surface area contributed by atoms with Crippen molar-refractivity contribution in [3.05, 3.63) is 64.9 Å². The maximum absolute atomic E-state index is 12.2. The summed E-state index contributed by atoms with van der Waals surface area (Å²) in [7, 11) is 1.72. The molecule has 0 bridgehead atoms. The molecule has 8 heteroatoms. The van der Waals surface area contributed by atoms with E-state index in [0.717, 1.165) is 23.3 Å². The normalized spacial score (nSPS) is 16.0. The summed E-state index contributed by atoms with van der Waals surface area (Å²) in [6, 6.07) is 4.67. The van der Waals surface area contributed by atoms with Gasteiger partial charge in [-0.25, -0.2) is 0 Å². The molecule has 0 heterocycles. The zero-order valence-corrected chi connectivity index (χ0v) is 14.2. The van der Waals surface area contributed by atoms with Crippen LogP contribution >= 0.6 is 0 Å². The minimum absolute atomic E-state index is 0.186. The number of halogens is 3. The Morgan fingerprint density at radius 2 is 1.88 bits per heavy atom. The average molecular weight is 365 g/mol. The molecule has 26 heavy (non-hydrogen) atoms. The molecule has 0 atom stereocenters. The van der Waals surface area contributed by atoms with Crippen LogP contribution in [0, 0.1) is 5.41 Å². The highest BCUT2D eigenvalue weighted by Gasteiger charge is 2.31. The van der Waals surface area contributed by atoms with Gasteiger partial charge in [-0.2, -0.15) is 0 Å². The number of nitrogens with one attached hydrogen (secondary N) is 3. The van der Waals surface area contributed by atoms with Crippen molar-refractivity contribution in [2.75, 3.05) is 13.6 Å². The van der Waals surface area contributed by atoms with E-state index in [2.05, 4.69) is 15.4 Å². The molecule has 0 aliphatic heterocycles. The monoisotopic (exact) mass is 365 g/mol. The number of hydrogen-bond acceptors (Lipinski definition) is 4. The molecule has 5 nitrogen and oxygen atoms in total. The number of allylic oxidation sites excluding steroid dienone is 3. The molecule has 1 aliphatic carbocycles. The summed E-state index contributed by atoms with van der Waals surface area (Å²) in [5.41, 5.74) is 2.90. The molecular weight excluding hydrogens is 347 g/mol. The zero-order valence-electron chi connectivity index (χ0n) is 14.2. The summed E-state index contributed by atoms with van der Waals surface area (Å²) in [6.07, 6.45) is 0.367. The van der Waals surface area contributed by atoms with Crippen molar-refractivity contribution in [1.29, 1.82) is 5.41 Å². The van der Waals surface area contributed by atoms with E-state index in [1.165, 1.54) is 12.1 Å². The zero-order chi connectivity index (χ0) is 19.3. The summed E-state index contributed by atoms with van der Waals surface area (Å²) < 4.78 is 40.2. The Hall–Kier alpha value is -3.03. The van der Waals surface area contributed by atoms with Gasteiger partial charge >= 0.3 is 6.36 Å². The van der Waals surface area contributed by atoms with Gasteiger partial charge in [0.25, 0.3) is 5.91 Å². The van der Waals surface area contributed by atoms with Crippen molar-refractivity contribution in [3.8, 4) is 5.75 Å². The van der Waals surface area contributed by atoms with Gasteiger partial charge in [-0.15, -0.1) is 13.2 Å². The van der Waals surface area contributed by atoms with E-state index in [9.17, 15) is 18.0 Å². The molecule has 2 rings (SSSR count). The van der Waals surface area contributed by atoms with Gasteiger partial charge in [0.15, 0.2) is 0 Å². The van der Waals surface area contributed by atoms with Crippen LogP contribution in [0.3, 0.4) is 0 Å². The van der Waals surface area contributed by atoms with Crippen molar-refractivity contribution in [3.63, 3.8) is 0 Å². The summed E-state index contributed by atoms with van der Waals surface area (Å²) in [4.78, 5) is 12.2. The van der Waals surface area contributed by atoms with E-state index in [4.69, 9.17) is 5.41 Å². The van der Waals surface area contributed by atoms with Crippen LogP contribution in [0.5, 0.6) is 5.75 Å². The van der Waals surface area contributed by atoms with Crippen molar-refractivity contribution in [2.24, 2.45) is 0 Å². The molecule has 0 spiro atoms. The van der Waals surface area contributed by atoms with Crippen molar-refractivity contribution in [2.45, 2.75) is 13.3 Å². The highest BCUT2D eigenvalue weighted by atomic mass is 19.4. The molecule has 138 valence electrons. The third-order valence-corrected chi connectivity index (χ3v) is 3.66. The summed E-state index contributed by atoms with van der Waals surface area (Å²) in [5, 5.41) is 13.6. The Bertz CT molecular complexity index is 791. The first-order valence-corrected chi connectivity index (χ1v) is 7.70. The highest BCUT2D eigenvalue weighted by Crippen LogP contribution is 2.23. The Morgan fingerprint density at radius 3 is 2.46 bits per heavy atom. The number of ether oxygens (including phenoxy) is 1. The van der Waals surface area contributed by atoms with Crippen LogP contribution in [-0.2, 0) is 0 Å². The summed E-state index contributed by atoms with van der Waals surface area (Å²) in [6.45, 7) is 2.06. The Balaban J connectivity index is 2.07. The maximum atomic E-state index is 12.2. The lowest BCUT2D eigenvalue weighted by atomic mass is 9.92. The molecule has 1 aromatic rings. The molecule has 1 aliphatic rings. The Kier molecular flexibility index (Phi) is 5.86. The molecule has 0 saturated carbocycles. The largest absolute Gasteiger partial charge is 0.573 e. The minimum Gasteiger partial charge on any atom is -0.406 e. The van der Waals surface area contributed by atoms with E-state index in [1.807, 2.05) is 6.92 Å². The van der Waals surface area contributed by atoms with Gasteiger partial charge in [-0.3, -0.25) is 4.79 Å². The number of carbonyl (C=O) groups is 1. The molecule has 1 aromatic carbocycles. The van der Waals surface area contributed by atoms with Gasteiger partial charge in [-0.1, -0.05) is 6.08 Å². The number of amides is 1. The molecule has 1 amide bonds.